The molecule has 0 unspecified atom stereocenters. The van der Waals surface area contributed by atoms with Gasteiger partial charge in [-0.25, -0.2) is 4.98 Å². The molecule has 0 radical (unpaired) electrons. The van der Waals surface area contributed by atoms with Crippen LogP contribution in [0.15, 0.2) is 36.7 Å². The van der Waals surface area contributed by atoms with Gasteiger partial charge in [0.25, 0.3) is 5.91 Å². The molecule has 21 heavy (non-hydrogen) atoms. The maximum atomic E-state index is 11.9. The number of H-pyrrole nitrogens is 1. The normalized spacial score (nSPS) is 9.76. The largest absolute Gasteiger partial charge is 0.395 e. The molecule has 2 rings (SSSR count). The first kappa shape index (κ1) is 14.8. The SMILES string of the molecule is O=C(NCCc1ncc[nH]1)c1ccc(C#CCCO)cc1. The number of aliphatic hydroxyl groups excluding tert-OH is 1. The number of aromatic nitrogens is 2. The molecule has 3 N–H and O–H groups in total. The Bertz CT molecular complexity index is 622. The van der Waals surface area contributed by atoms with Crippen LogP contribution < -0.4 is 5.32 Å². The topological polar surface area (TPSA) is 78.0 Å². The van der Waals surface area contributed by atoms with E-state index in [0.29, 0.717) is 24.9 Å². The molecule has 1 aromatic heterocycles. The van der Waals surface area contributed by atoms with Gasteiger partial charge in [-0.05, 0) is 24.3 Å². The summed E-state index contributed by atoms with van der Waals surface area (Å²) in [5, 5.41) is 11.5. The third-order valence-corrected chi connectivity index (χ3v) is 2.82. The van der Waals surface area contributed by atoms with Gasteiger partial charge >= 0.3 is 0 Å². The Morgan fingerprint density at radius 3 is 2.81 bits per heavy atom. The van der Waals surface area contributed by atoms with Crippen molar-refractivity contribution in [3.05, 3.63) is 53.6 Å². The van der Waals surface area contributed by atoms with Crippen molar-refractivity contribution in [1.29, 1.82) is 0 Å². The Morgan fingerprint density at radius 2 is 2.14 bits per heavy atom. The highest BCUT2D eigenvalue weighted by atomic mass is 16.2. The molecule has 0 aliphatic heterocycles. The highest BCUT2D eigenvalue weighted by Crippen LogP contribution is 2.03. The second-order valence-electron chi connectivity index (χ2n) is 4.39. The van der Waals surface area contributed by atoms with Crippen LogP contribution in [0.3, 0.4) is 0 Å². The number of benzene rings is 1. The van der Waals surface area contributed by atoms with Crippen molar-refractivity contribution >= 4 is 5.91 Å². The van der Waals surface area contributed by atoms with Crippen molar-refractivity contribution in [1.82, 2.24) is 15.3 Å². The third kappa shape index (κ3) is 4.79. The lowest BCUT2D eigenvalue weighted by Gasteiger charge is -2.04. The fraction of sp³-hybridized carbons (Fsp3) is 0.250. The van der Waals surface area contributed by atoms with Gasteiger partial charge in [0.1, 0.15) is 5.82 Å². The summed E-state index contributed by atoms with van der Waals surface area (Å²) < 4.78 is 0. The summed E-state index contributed by atoms with van der Waals surface area (Å²) in [7, 11) is 0. The minimum Gasteiger partial charge on any atom is -0.395 e. The molecule has 0 bridgehead atoms. The van der Waals surface area contributed by atoms with Crippen LogP contribution in [0.25, 0.3) is 0 Å². The van der Waals surface area contributed by atoms with E-state index >= 15 is 0 Å². The summed E-state index contributed by atoms with van der Waals surface area (Å²) in [4.78, 5) is 19.0. The van der Waals surface area contributed by atoms with Gasteiger partial charge in [0.05, 0.1) is 6.61 Å². The van der Waals surface area contributed by atoms with Crippen molar-refractivity contribution in [3.63, 3.8) is 0 Å². The molecule has 2 aromatic rings. The van der Waals surface area contributed by atoms with E-state index in [1.165, 1.54) is 0 Å². The molecule has 0 aliphatic carbocycles. The monoisotopic (exact) mass is 283 g/mol. The van der Waals surface area contributed by atoms with E-state index in [9.17, 15) is 4.79 Å². The van der Waals surface area contributed by atoms with Gasteiger partial charge in [-0.1, -0.05) is 11.8 Å². The number of aliphatic hydroxyl groups is 1. The maximum Gasteiger partial charge on any atom is 0.251 e. The van der Waals surface area contributed by atoms with E-state index in [1.807, 2.05) is 0 Å². The number of nitrogens with zero attached hydrogens (tertiary/aromatic N) is 1. The number of aromatic amines is 1. The first-order valence-electron chi connectivity index (χ1n) is 6.76. The standard InChI is InChI=1S/C16H17N3O2/c20-12-2-1-3-13-4-6-14(7-5-13)16(21)19-9-8-15-17-10-11-18-15/h4-7,10-11,20H,2,8-9,12H2,(H,17,18)(H,19,21). The molecule has 0 aliphatic rings. The Hall–Kier alpha value is -2.58. The quantitative estimate of drug-likeness (QED) is 0.719. The van der Waals surface area contributed by atoms with Crippen LogP contribution in [-0.2, 0) is 6.42 Å². The van der Waals surface area contributed by atoms with Gasteiger partial charge in [-0.3, -0.25) is 4.79 Å². The number of hydrogen-bond donors (Lipinski definition) is 3. The molecule has 5 nitrogen and oxygen atoms in total. The molecule has 0 saturated carbocycles. The molecular formula is C16H17N3O2. The fourth-order valence-corrected chi connectivity index (χ4v) is 1.76. The van der Waals surface area contributed by atoms with Crippen LogP contribution in [0.2, 0.25) is 0 Å². The molecule has 0 atom stereocenters. The average molecular weight is 283 g/mol. The van der Waals surface area contributed by atoms with Crippen molar-refractivity contribution in [2.45, 2.75) is 12.8 Å². The first-order chi connectivity index (χ1) is 10.3. The number of hydrogen-bond acceptors (Lipinski definition) is 3. The number of rotatable bonds is 5. The van der Waals surface area contributed by atoms with Gasteiger partial charge in [0, 0.05) is 42.9 Å². The zero-order valence-corrected chi connectivity index (χ0v) is 11.6. The second-order valence-corrected chi connectivity index (χ2v) is 4.39. The van der Waals surface area contributed by atoms with Gasteiger partial charge < -0.3 is 15.4 Å². The second kappa shape index (κ2) is 7.88. The zero-order chi connectivity index (χ0) is 14.9. The van der Waals surface area contributed by atoms with Crippen molar-refractivity contribution < 1.29 is 9.90 Å². The van der Waals surface area contributed by atoms with E-state index in [-0.39, 0.29) is 12.5 Å². The van der Waals surface area contributed by atoms with Crippen LogP contribution >= 0.6 is 0 Å². The summed E-state index contributed by atoms with van der Waals surface area (Å²) >= 11 is 0. The molecule has 1 amide bonds. The van der Waals surface area contributed by atoms with Crippen LogP contribution in [0.1, 0.15) is 28.2 Å². The number of imidazole rings is 1. The number of nitrogens with one attached hydrogen (secondary N) is 2. The lowest BCUT2D eigenvalue weighted by atomic mass is 10.1. The van der Waals surface area contributed by atoms with Gasteiger partial charge in [-0.15, -0.1) is 0 Å². The van der Waals surface area contributed by atoms with Crippen molar-refractivity contribution in [2.75, 3.05) is 13.2 Å². The molecule has 1 heterocycles. The molecule has 0 spiro atoms. The van der Waals surface area contributed by atoms with Crippen molar-refractivity contribution in [3.8, 4) is 11.8 Å². The summed E-state index contributed by atoms with van der Waals surface area (Å²) in [5.41, 5.74) is 1.43. The minimum atomic E-state index is -0.114. The zero-order valence-electron chi connectivity index (χ0n) is 11.6. The highest BCUT2D eigenvalue weighted by Gasteiger charge is 2.04. The van der Waals surface area contributed by atoms with E-state index in [2.05, 4.69) is 27.1 Å². The van der Waals surface area contributed by atoms with Crippen LogP contribution in [0.4, 0.5) is 0 Å². The molecule has 5 heteroatoms. The van der Waals surface area contributed by atoms with Crippen LogP contribution in [0, 0.1) is 11.8 Å². The van der Waals surface area contributed by atoms with E-state index in [1.54, 1.807) is 36.7 Å². The Balaban J connectivity index is 1.83. The number of carbonyl (C=O) groups excluding carboxylic acids is 1. The predicted octanol–water partition coefficient (Wildman–Crippen LogP) is 1.12. The van der Waals surface area contributed by atoms with Crippen molar-refractivity contribution in [2.24, 2.45) is 0 Å². The lowest BCUT2D eigenvalue weighted by molar-refractivity contribution is 0.0954. The Kier molecular flexibility index (Phi) is 5.56. The van der Waals surface area contributed by atoms with Crippen LogP contribution in [0.5, 0.6) is 0 Å². The van der Waals surface area contributed by atoms with Gasteiger partial charge in [0.15, 0.2) is 0 Å². The average Bonchev–Trinajstić information content (AvgIpc) is 3.01. The van der Waals surface area contributed by atoms with Crippen LogP contribution in [-0.4, -0.2) is 34.1 Å². The van der Waals surface area contributed by atoms with E-state index in [4.69, 9.17) is 5.11 Å². The number of amides is 1. The summed E-state index contributed by atoms with van der Waals surface area (Å²) in [6.45, 7) is 0.591. The number of carbonyl (C=O) groups is 1. The molecule has 1 aromatic carbocycles. The van der Waals surface area contributed by atoms with E-state index in [0.717, 1.165) is 11.4 Å². The first-order valence-corrected chi connectivity index (χ1v) is 6.76. The molecular weight excluding hydrogens is 266 g/mol. The highest BCUT2D eigenvalue weighted by molar-refractivity contribution is 5.94. The predicted molar refractivity (Wildman–Crippen MR) is 79.6 cm³/mol. The molecule has 0 saturated heterocycles. The van der Waals surface area contributed by atoms with Gasteiger partial charge in [-0.2, -0.15) is 0 Å². The Labute approximate surface area is 123 Å². The minimum absolute atomic E-state index is 0.0587. The third-order valence-electron chi connectivity index (χ3n) is 2.82. The lowest BCUT2D eigenvalue weighted by Crippen LogP contribution is -2.25. The fourth-order valence-electron chi connectivity index (χ4n) is 1.76. The van der Waals surface area contributed by atoms with E-state index < -0.39 is 0 Å². The smallest absolute Gasteiger partial charge is 0.251 e. The maximum absolute atomic E-state index is 11.9. The Morgan fingerprint density at radius 1 is 1.33 bits per heavy atom. The molecule has 0 fully saturated rings. The summed E-state index contributed by atoms with van der Waals surface area (Å²) in [6, 6.07) is 7.08. The molecule has 108 valence electrons. The summed E-state index contributed by atoms with van der Waals surface area (Å²) in [6.07, 6.45) is 4.57. The summed E-state index contributed by atoms with van der Waals surface area (Å²) in [5.74, 6) is 6.50. The van der Waals surface area contributed by atoms with Gasteiger partial charge in [0.2, 0.25) is 0 Å².